The van der Waals surface area contributed by atoms with Crippen LogP contribution in [0.2, 0.25) is 0 Å². The molecule has 0 amide bonds. The Morgan fingerprint density at radius 1 is 0.600 bits per heavy atom. The molecule has 2 atom stereocenters. The Morgan fingerprint density at radius 3 is 1.44 bits per heavy atom. The Balaban J connectivity index is 1.32. The number of esters is 2. The molecule has 0 N–H and O–H groups in total. The van der Waals surface area contributed by atoms with Gasteiger partial charge >= 0.3 is 11.9 Å². The smallest absolute Gasteiger partial charge is 0.309 e. The summed E-state index contributed by atoms with van der Waals surface area (Å²) in [6, 6.07) is 0. The van der Waals surface area contributed by atoms with Gasteiger partial charge in [0.1, 0.15) is 12.2 Å². The Labute approximate surface area is 151 Å². The van der Waals surface area contributed by atoms with E-state index in [1.54, 1.807) is 0 Å². The van der Waals surface area contributed by atoms with Gasteiger partial charge in [0.25, 0.3) is 0 Å². The van der Waals surface area contributed by atoms with Crippen molar-refractivity contribution in [3.63, 3.8) is 0 Å². The third-order valence-electron chi connectivity index (χ3n) is 7.09. The lowest BCUT2D eigenvalue weighted by molar-refractivity contribution is -0.163. The van der Waals surface area contributed by atoms with Crippen LogP contribution in [-0.4, -0.2) is 24.1 Å². The fourth-order valence-corrected chi connectivity index (χ4v) is 5.76. The van der Waals surface area contributed by atoms with E-state index in [2.05, 4.69) is 0 Å². The first-order valence-corrected chi connectivity index (χ1v) is 10.6. The van der Waals surface area contributed by atoms with Gasteiger partial charge in [-0.2, -0.15) is 0 Å². The maximum atomic E-state index is 12.7. The normalized spacial score (nSPS) is 36.3. The minimum Gasteiger partial charge on any atom is -0.462 e. The molecule has 4 rings (SSSR count). The molecular formula is C21H32O4. The average molecular weight is 348 g/mol. The standard InChI is InChI=1S/C21H32O4/c22-20(24-15-7-3-1-4-8-15)18-12-14-11-17(18)19(13-14)21(23)25-16-9-5-2-6-10-16/h14-19H,1-13H2. The first kappa shape index (κ1) is 17.4. The van der Waals surface area contributed by atoms with Gasteiger partial charge in [-0.3, -0.25) is 9.59 Å². The molecule has 2 unspecified atom stereocenters. The van der Waals surface area contributed by atoms with Crippen LogP contribution in [0.15, 0.2) is 0 Å². The SMILES string of the molecule is O=C(OC1CCCCC1)C1CC2CC(C(=O)OC3CCCCC3)C1C2. The molecule has 4 nitrogen and oxygen atoms in total. The number of carbonyl (C=O) groups excluding carboxylic acids is 2. The molecule has 4 fully saturated rings. The number of fused-ring (bicyclic) bond motifs is 2. The van der Waals surface area contributed by atoms with Gasteiger partial charge in [-0.25, -0.2) is 0 Å². The van der Waals surface area contributed by atoms with E-state index >= 15 is 0 Å². The molecule has 4 heteroatoms. The molecule has 0 radical (unpaired) electrons. The minimum absolute atomic E-state index is 0.0328. The Bertz CT molecular complexity index is 448. The molecule has 4 saturated carbocycles. The topological polar surface area (TPSA) is 52.6 Å². The van der Waals surface area contributed by atoms with Gasteiger partial charge in [0.05, 0.1) is 11.8 Å². The van der Waals surface area contributed by atoms with Crippen LogP contribution in [0.4, 0.5) is 0 Å². The molecule has 2 bridgehead atoms. The van der Waals surface area contributed by atoms with Crippen molar-refractivity contribution in [3.05, 3.63) is 0 Å². The van der Waals surface area contributed by atoms with Gasteiger partial charge in [0.2, 0.25) is 0 Å². The zero-order valence-corrected chi connectivity index (χ0v) is 15.3. The summed E-state index contributed by atoms with van der Waals surface area (Å²) in [6.07, 6.45) is 14.3. The summed E-state index contributed by atoms with van der Waals surface area (Å²) in [6.45, 7) is 0. The van der Waals surface area contributed by atoms with Crippen molar-refractivity contribution in [1.82, 2.24) is 0 Å². The van der Waals surface area contributed by atoms with Gasteiger partial charge < -0.3 is 9.47 Å². The van der Waals surface area contributed by atoms with Crippen molar-refractivity contribution < 1.29 is 19.1 Å². The largest absolute Gasteiger partial charge is 0.462 e. The molecular weight excluding hydrogens is 316 g/mol. The van der Waals surface area contributed by atoms with Gasteiger partial charge in [0.15, 0.2) is 0 Å². The number of rotatable bonds is 4. The fraction of sp³-hybridized carbons (Fsp3) is 0.905. The van der Waals surface area contributed by atoms with Crippen LogP contribution < -0.4 is 0 Å². The van der Waals surface area contributed by atoms with E-state index in [9.17, 15) is 9.59 Å². The highest BCUT2D eigenvalue weighted by molar-refractivity contribution is 5.78. The highest BCUT2D eigenvalue weighted by Crippen LogP contribution is 2.53. The van der Waals surface area contributed by atoms with Crippen LogP contribution >= 0.6 is 0 Å². The van der Waals surface area contributed by atoms with E-state index < -0.39 is 0 Å². The van der Waals surface area contributed by atoms with Crippen molar-refractivity contribution in [1.29, 1.82) is 0 Å². The number of hydrogen-bond donors (Lipinski definition) is 0. The number of carbonyl (C=O) groups is 2. The molecule has 0 spiro atoms. The molecule has 0 aromatic rings. The van der Waals surface area contributed by atoms with Crippen molar-refractivity contribution in [2.24, 2.45) is 23.7 Å². The molecule has 4 aliphatic carbocycles. The van der Waals surface area contributed by atoms with Crippen LogP contribution in [0, 0.1) is 23.7 Å². The van der Waals surface area contributed by atoms with Crippen molar-refractivity contribution in [2.75, 3.05) is 0 Å². The van der Waals surface area contributed by atoms with Crippen LogP contribution in [-0.2, 0) is 19.1 Å². The molecule has 0 aliphatic heterocycles. The minimum atomic E-state index is -0.0652. The lowest BCUT2D eigenvalue weighted by Crippen LogP contribution is -2.36. The zero-order valence-electron chi connectivity index (χ0n) is 15.3. The van der Waals surface area contributed by atoms with Gasteiger partial charge in [-0.15, -0.1) is 0 Å². The molecule has 0 heterocycles. The van der Waals surface area contributed by atoms with E-state index in [4.69, 9.17) is 9.47 Å². The highest BCUT2D eigenvalue weighted by atomic mass is 16.5. The molecule has 4 aliphatic rings. The molecule has 140 valence electrons. The Morgan fingerprint density at radius 2 is 1.04 bits per heavy atom. The second kappa shape index (κ2) is 7.67. The molecule has 0 aromatic heterocycles. The molecule has 25 heavy (non-hydrogen) atoms. The average Bonchev–Trinajstić information content (AvgIpc) is 3.24. The number of ether oxygens (including phenoxy) is 2. The van der Waals surface area contributed by atoms with E-state index in [0.717, 1.165) is 44.9 Å². The lowest BCUT2D eigenvalue weighted by Gasteiger charge is -2.31. The first-order chi connectivity index (χ1) is 12.2. The number of hydrogen-bond acceptors (Lipinski definition) is 4. The molecule has 0 saturated heterocycles. The summed E-state index contributed by atoms with van der Waals surface area (Å²) in [5.41, 5.74) is 0. The van der Waals surface area contributed by atoms with E-state index in [-0.39, 0.29) is 41.9 Å². The zero-order chi connectivity index (χ0) is 17.2. The Hall–Kier alpha value is -1.06. The summed E-state index contributed by atoms with van der Waals surface area (Å²) < 4.78 is 11.6. The summed E-state index contributed by atoms with van der Waals surface area (Å²) in [4.78, 5) is 25.4. The maximum absolute atomic E-state index is 12.7. The quantitative estimate of drug-likeness (QED) is 0.707. The van der Waals surface area contributed by atoms with Crippen molar-refractivity contribution in [3.8, 4) is 0 Å². The second-order valence-corrected chi connectivity index (χ2v) is 8.84. The first-order valence-electron chi connectivity index (χ1n) is 10.6. The van der Waals surface area contributed by atoms with Gasteiger partial charge in [-0.1, -0.05) is 12.8 Å². The third kappa shape index (κ3) is 3.88. The van der Waals surface area contributed by atoms with Gasteiger partial charge in [0, 0.05) is 0 Å². The van der Waals surface area contributed by atoms with E-state index in [0.29, 0.717) is 5.92 Å². The monoisotopic (exact) mass is 348 g/mol. The van der Waals surface area contributed by atoms with Crippen LogP contribution in [0.1, 0.15) is 83.5 Å². The predicted octanol–water partition coefficient (Wildman–Crippen LogP) is 4.40. The predicted molar refractivity (Wildman–Crippen MR) is 93.7 cm³/mol. The summed E-state index contributed by atoms with van der Waals surface area (Å²) in [7, 11) is 0. The van der Waals surface area contributed by atoms with Crippen LogP contribution in [0.3, 0.4) is 0 Å². The summed E-state index contributed by atoms with van der Waals surface area (Å²) in [5.74, 6) is 0.480. The van der Waals surface area contributed by atoms with Crippen molar-refractivity contribution >= 4 is 11.9 Å². The van der Waals surface area contributed by atoms with Crippen LogP contribution in [0.5, 0.6) is 0 Å². The molecule has 0 aromatic carbocycles. The van der Waals surface area contributed by atoms with Crippen molar-refractivity contribution in [2.45, 2.75) is 95.7 Å². The van der Waals surface area contributed by atoms with Crippen LogP contribution in [0.25, 0.3) is 0 Å². The maximum Gasteiger partial charge on any atom is 0.309 e. The summed E-state index contributed by atoms with van der Waals surface area (Å²) >= 11 is 0. The van der Waals surface area contributed by atoms with Gasteiger partial charge in [-0.05, 0) is 82.5 Å². The van der Waals surface area contributed by atoms with E-state index in [1.807, 2.05) is 0 Å². The summed E-state index contributed by atoms with van der Waals surface area (Å²) in [5, 5.41) is 0. The van der Waals surface area contributed by atoms with E-state index in [1.165, 1.54) is 38.5 Å². The second-order valence-electron chi connectivity index (χ2n) is 8.84. The highest BCUT2D eigenvalue weighted by Gasteiger charge is 2.53. The third-order valence-corrected chi connectivity index (χ3v) is 7.09. The Kier molecular flexibility index (Phi) is 5.33. The lowest BCUT2D eigenvalue weighted by atomic mass is 9.80. The fourth-order valence-electron chi connectivity index (χ4n) is 5.76.